The van der Waals surface area contributed by atoms with Gasteiger partial charge in [-0.05, 0) is 32.5 Å². The third-order valence-corrected chi connectivity index (χ3v) is 3.69. The lowest BCUT2D eigenvalue weighted by Crippen LogP contribution is -3.06. The topological polar surface area (TPSA) is 20.6 Å². The Morgan fingerprint density at radius 1 is 1.53 bits per heavy atom. The summed E-state index contributed by atoms with van der Waals surface area (Å²) in [5.74, 6) is 0. The molecule has 0 aliphatic carbocycles. The Hall–Kier alpha value is -0.930. The summed E-state index contributed by atoms with van der Waals surface area (Å²) in [6, 6.07) is 2.71. The normalized spacial score (nSPS) is 19.8. The SMILES string of the molecule is [CH2-][NH+]1CCc2c(ccnc2CN(C)C(C)C)C1. The molecule has 1 aromatic rings. The van der Waals surface area contributed by atoms with Gasteiger partial charge in [0, 0.05) is 30.8 Å². The second-order valence-corrected chi connectivity index (χ2v) is 5.33. The fourth-order valence-corrected chi connectivity index (χ4v) is 2.27. The Morgan fingerprint density at radius 3 is 3.00 bits per heavy atom. The van der Waals surface area contributed by atoms with Crippen molar-refractivity contribution in [2.45, 2.75) is 39.4 Å². The first-order valence-electron chi connectivity index (χ1n) is 6.40. The number of hydrogen-bond donors (Lipinski definition) is 1. The van der Waals surface area contributed by atoms with Gasteiger partial charge in [-0.2, -0.15) is 7.05 Å². The summed E-state index contributed by atoms with van der Waals surface area (Å²) in [5.41, 5.74) is 4.15. The second kappa shape index (κ2) is 5.15. The summed E-state index contributed by atoms with van der Waals surface area (Å²) in [5, 5.41) is 0. The van der Waals surface area contributed by atoms with Gasteiger partial charge in [-0.25, -0.2) is 0 Å². The van der Waals surface area contributed by atoms with E-state index in [1.807, 2.05) is 6.20 Å². The van der Waals surface area contributed by atoms with E-state index in [4.69, 9.17) is 0 Å². The van der Waals surface area contributed by atoms with Crippen molar-refractivity contribution in [3.05, 3.63) is 36.1 Å². The molecule has 17 heavy (non-hydrogen) atoms. The van der Waals surface area contributed by atoms with E-state index in [0.717, 1.165) is 26.1 Å². The summed E-state index contributed by atoms with van der Waals surface area (Å²) in [6.45, 7) is 7.55. The van der Waals surface area contributed by atoms with Gasteiger partial charge in [-0.3, -0.25) is 9.88 Å². The van der Waals surface area contributed by atoms with Gasteiger partial charge >= 0.3 is 0 Å². The number of hydrogen-bond acceptors (Lipinski definition) is 2. The molecule has 0 fully saturated rings. The molecule has 1 atom stereocenters. The maximum atomic E-state index is 4.57. The van der Waals surface area contributed by atoms with Crippen molar-refractivity contribution < 1.29 is 4.90 Å². The Balaban J connectivity index is 2.21. The van der Waals surface area contributed by atoms with Gasteiger partial charge in [-0.15, -0.1) is 0 Å². The predicted molar refractivity (Wildman–Crippen MR) is 69.4 cm³/mol. The monoisotopic (exact) mass is 233 g/mol. The predicted octanol–water partition coefficient (Wildman–Crippen LogP) is 0.654. The molecule has 0 saturated carbocycles. The molecule has 1 aromatic heterocycles. The maximum Gasteiger partial charge on any atom is 0.0791 e. The first-order valence-corrected chi connectivity index (χ1v) is 6.40. The number of nitrogens with one attached hydrogen (secondary N) is 1. The molecule has 2 rings (SSSR count). The van der Waals surface area contributed by atoms with Crippen LogP contribution < -0.4 is 4.90 Å². The van der Waals surface area contributed by atoms with Crippen molar-refractivity contribution in [2.75, 3.05) is 13.6 Å². The maximum absolute atomic E-state index is 4.57. The smallest absolute Gasteiger partial charge is 0.0791 e. The molecule has 0 spiro atoms. The molecule has 1 aliphatic rings. The fraction of sp³-hybridized carbons (Fsp3) is 0.571. The van der Waals surface area contributed by atoms with Crippen LogP contribution in [0.3, 0.4) is 0 Å². The molecule has 0 saturated heterocycles. The van der Waals surface area contributed by atoms with Crippen molar-refractivity contribution in [2.24, 2.45) is 0 Å². The number of nitrogens with zero attached hydrogens (tertiary/aromatic N) is 2. The van der Waals surface area contributed by atoms with Crippen molar-refractivity contribution in [3.63, 3.8) is 0 Å². The van der Waals surface area contributed by atoms with Crippen LogP contribution in [0.5, 0.6) is 0 Å². The van der Waals surface area contributed by atoms with Crippen LogP contribution >= 0.6 is 0 Å². The number of rotatable bonds is 3. The van der Waals surface area contributed by atoms with Crippen LogP contribution in [0.15, 0.2) is 12.3 Å². The second-order valence-electron chi connectivity index (χ2n) is 5.33. The molecule has 1 N–H and O–H groups in total. The van der Waals surface area contributed by atoms with Gasteiger partial charge in [0.25, 0.3) is 0 Å². The highest BCUT2D eigenvalue weighted by Crippen LogP contribution is 2.16. The molecule has 94 valence electrons. The highest BCUT2D eigenvalue weighted by atomic mass is 15.1. The highest BCUT2D eigenvalue weighted by molar-refractivity contribution is 5.30. The molecule has 2 heterocycles. The largest absolute Gasteiger partial charge is 0.464 e. The van der Waals surface area contributed by atoms with Crippen LogP contribution in [0.4, 0.5) is 0 Å². The van der Waals surface area contributed by atoms with E-state index in [1.54, 1.807) is 0 Å². The minimum atomic E-state index is 0.561. The van der Waals surface area contributed by atoms with E-state index < -0.39 is 0 Å². The minimum absolute atomic E-state index is 0.561. The zero-order chi connectivity index (χ0) is 12.4. The van der Waals surface area contributed by atoms with Crippen LogP contribution in [0.25, 0.3) is 0 Å². The van der Waals surface area contributed by atoms with Crippen molar-refractivity contribution in [3.8, 4) is 0 Å². The van der Waals surface area contributed by atoms with Gasteiger partial charge in [0.05, 0.1) is 18.8 Å². The molecule has 3 heteroatoms. The van der Waals surface area contributed by atoms with E-state index in [-0.39, 0.29) is 0 Å². The first kappa shape index (κ1) is 12.5. The average molecular weight is 233 g/mol. The minimum Gasteiger partial charge on any atom is -0.464 e. The standard InChI is InChI=1S/C14H23N3/c1-11(2)17(4)10-14-13-6-8-16(3)9-12(13)5-7-15-14/h5,7,11,16H,3,6,8-10H2,1-2,4H3. The van der Waals surface area contributed by atoms with Gasteiger partial charge in [0.15, 0.2) is 0 Å². The zero-order valence-electron chi connectivity index (χ0n) is 11.2. The van der Waals surface area contributed by atoms with Crippen LogP contribution in [-0.2, 0) is 19.5 Å². The lowest BCUT2D eigenvalue weighted by atomic mass is 9.98. The molecule has 0 radical (unpaired) electrons. The van der Waals surface area contributed by atoms with Gasteiger partial charge in [-0.1, -0.05) is 0 Å². The third-order valence-electron chi connectivity index (χ3n) is 3.69. The molecule has 0 amide bonds. The molecule has 0 bridgehead atoms. The van der Waals surface area contributed by atoms with E-state index in [0.29, 0.717) is 6.04 Å². The Labute approximate surface area is 104 Å². The van der Waals surface area contributed by atoms with Crippen molar-refractivity contribution in [1.29, 1.82) is 0 Å². The Bertz CT molecular complexity index is 387. The van der Waals surface area contributed by atoms with Crippen LogP contribution in [0.1, 0.15) is 30.7 Å². The fourth-order valence-electron chi connectivity index (χ4n) is 2.27. The lowest BCUT2D eigenvalue weighted by Gasteiger charge is -2.30. The summed E-state index contributed by atoms with van der Waals surface area (Å²) in [7, 11) is 6.26. The van der Waals surface area contributed by atoms with Crippen molar-refractivity contribution in [1.82, 2.24) is 9.88 Å². The van der Waals surface area contributed by atoms with E-state index in [2.05, 4.69) is 43.9 Å². The van der Waals surface area contributed by atoms with Gasteiger partial charge in [0.2, 0.25) is 0 Å². The van der Waals surface area contributed by atoms with Crippen LogP contribution in [0.2, 0.25) is 0 Å². The molecular weight excluding hydrogens is 210 g/mol. The Morgan fingerprint density at radius 2 is 2.29 bits per heavy atom. The molecular formula is C14H23N3. The van der Waals surface area contributed by atoms with E-state index in [1.165, 1.54) is 21.7 Å². The zero-order valence-corrected chi connectivity index (χ0v) is 11.2. The average Bonchev–Trinajstić information content (AvgIpc) is 2.28. The summed E-state index contributed by atoms with van der Waals surface area (Å²) in [4.78, 5) is 8.26. The summed E-state index contributed by atoms with van der Waals surface area (Å²) >= 11 is 0. The number of quaternary nitrogens is 1. The number of pyridine rings is 1. The van der Waals surface area contributed by atoms with Gasteiger partial charge in [0.1, 0.15) is 0 Å². The van der Waals surface area contributed by atoms with Crippen LogP contribution in [0, 0.1) is 7.05 Å². The summed E-state index contributed by atoms with van der Waals surface area (Å²) < 4.78 is 0. The summed E-state index contributed by atoms with van der Waals surface area (Å²) in [6.07, 6.45) is 3.06. The Kier molecular flexibility index (Phi) is 3.79. The number of aromatic nitrogens is 1. The molecule has 1 unspecified atom stereocenters. The van der Waals surface area contributed by atoms with Crippen molar-refractivity contribution >= 4 is 0 Å². The third kappa shape index (κ3) is 2.85. The van der Waals surface area contributed by atoms with Crippen LogP contribution in [-0.4, -0.2) is 29.5 Å². The molecule has 1 aliphatic heterocycles. The number of fused-ring (bicyclic) bond motifs is 1. The first-order chi connectivity index (χ1) is 8.08. The quantitative estimate of drug-likeness (QED) is 0.774. The molecule has 0 aromatic carbocycles. The van der Waals surface area contributed by atoms with E-state index in [9.17, 15) is 0 Å². The van der Waals surface area contributed by atoms with Gasteiger partial charge < -0.3 is 4.90 Å². The lowest BCUT2D eigenvalue weighted by molar-refractivity contribution is -0.870. The molecule has 3 nitrogen and oxygen atoms in total. The van der Waals surface area contributed by atoms with E-state index >= 15 is 0 Å². The highest BCUT2D eigenvalue weighted by Gasteiger charge is 2.18.